The minimum Gasteiger partial charge on any atom is -0.357 e. The second-order valence-corrected chi connectivity index (χ2v) is 8.40. The smallest absolute Gasteiger partial charge is 0.132 e. The molecule has 29 heavy (non-hydrogen) atoms. The summed E-state index contributed by atoms with van der Waals surface area (Å²) >= 11 is 6.33. The number of imidazole rings is 1. The van der Waals surface area contributed by atoms with Gasteiger partial charge in [-0.05, 0) is 69.0 Å². The Morgan fingerprint density at radius 3 is 2.66 bits per heavy atom. The molecule has 148 valence electrons. The highest BCUT2D eigenvalue weighted by Gasteiger charge is 2.42. The molecule has 4 aromatic rings. The van der Waals surface area contributed by atoms with E-state index >= 15 is 0 Å². The molecule has 5 rings (SSSR count). The van der Waals surface area contributed by atoms with Gasteiger partial charge in [-0.25, -0.2) is 4.98 Å². The molecule has 2 aromatic heterocycles. The van der Waals surface area contributed by atoms with Gasteiger partial charge in [0.15, 0.2) is 0 Å². The first-order chi connectivity index (χ1) is 14.0. The Bertz CT molecular complexity index is 1200. The van der Waals surface area contributed by atoms with Crippen LogP contribution in [0.15, 0.2) is 42.7 Å². The minimum atomic E-state index is -0.256. The monoisotopic (exact) mass is 406 g/mol. The van der Waals surface area contributed by atoms with Gasteiger partial charge >= 0.3 is 0 Å². The van der Waals surface area contributed by atoms with E-state index in [-0.39, 0.29) is 5.54 Å². The largest absolute Gasteiger partial charge is 0.357 e. The zero-order valence-corrected chi connectivity index (χ0v) is 17.5. The van der Waals surface area contributed by atoms with Crippen LogP contribution < -0.4 is 4.90 Å². The van der Waals surface area contributed by atoms with E-state index in [1.807, 2.05) is 19.1 Å². The summed E-state index contributed by atoms with van der Waals surface area (Å²) in [5.41, 5.74) is 6.02. The number of fused-ring (bicyclic) bond motifs is 1. The second kappa shape index (κ2) is 6.59. The molecular formula is C22H23ClN6. The number of anilines is 1. The molecule has 3 heterocycles. The Labute approximate surface area is 174 Å². The van der Waals surface area contributed by atoms with E-state index in [2.05, 4.69) is 52.1 Å². The molecule has 0 saturated carbocycles. The number of hydrogen-bond donors (Lipinski definition) is 1. The maximum Gasteiger partial charge on any atom is 0.132 e. The number of nitrogens with one attached hydrogen (secondary N) is 1. The number of benzene rings is 2. The van der Waals surface area contributed by atoms with Gasteiger partial charge in [-0.1, -0.05) is 17.7 Å². The molecule has 6 nitrogen and oxygen atoms in total. The van der Waals surface area contributed by atoms with Crippen LogP contribution in [0.2, 0.25) is 5.02 Å². The molecular weight excluding hydrogens is 384 g/mol. The van der Waals surface area contributed by atoms with Gasteiger partial charge in [-0.2, -0.15) is 10.2 Å². The second-order valence-electron chi connectivity index (χ2n) is 7.99. The SMILES string of the molecule is Cc1ccc(-n2nccn2)c(N2CCC[C@@]2(C)c2nc3c(C)c(Cl)ccc3[nH]2)c1. The standard InChI is InChI=1S/C22H23ClN6/c1-14-5-8-18(29-24-10-11-25-29)19(13-14)28-12-4-9-22(28,3)21-26-17-7-6-16(23)15(2)20(17)27-21/h5-8,10-11,13H,4,9,12H2,1-3H3,(H,26,27)/t22-/m0/s1. The summed E-state index contributed by atoms with van der Waals surface area (Å²) in [5.74, 6) is 0.969. The first-order valence-electron chi connectivity index (χ1n) is 9.88. The van der Waals surface area contributed by atoms with Crippen molar-refractivity contribution in [3.8, 4) is 5.69 Å². The highest BCUT2D eigenvalue weighted by atomic mass is 35.5. The van der Waals surface area contributed by atoms with Crippen LogP contribution in [0.1, 0.15) is 36.7 Å². The Kier molecular flexibility index (Phi) is 4.13. The van der Waals surface area contributed by atoms with Crippen LogP contribution in [-0.2, 0) is 5.54 Å². The lowest BCUT2D eigenvalue weighted by molar-refractivity contribution is 0.466. The fourth-order valence-corrected chi connectivity index (χ4v) is 4.55. The van der Waals surface area contributed by atoms with Gasteiger partial charge in [-0.15, -0.1) is 4.80 Å². The number of H-pyrrole nitrogens is 1. The van der Waals surface area contributed by atoms with Crippen LogP contribution >= 0.6 is 11.6 Å². The third-order valence-electron chi connectivity index (χ3n) is 6.05. The lowest BCUT2D eigenvalue weighted by Gasteiger charge is -2.36. The molecule has 1 saturated heterocycles. The molecule has 1 aliphatic heterocycles. The van der Waals surface area contributed by atoms with Gasteiger partial charge in [0.05, 0.1) is 34.7 Å². The molecule has 1 aliphatic rings. The fraction of sp³-hybridized carbons (Fsp3) is 0.318. The van der Waals surface area contributed by atoms with Crippen molar-refractivity contribution in [3.63, 3.8) is 0 Å². The van der Waals surface area contributed by atoms with E-state index in [0.29, 0.717) is 0 Å². The Morgan fingerprint density at radius 2 is 1.86 bits per heavy atom. The molecule has 0 radical (unpaired) electrons. The minimum absolute atomic E-state index is 0.256. The lowest BCUT2D eigenvalue weighted by Crippen LogP contribution is -2.40. The number of rotatable bonds is 3. The number of nitrogens with zero attached hydrogens (tertiary/aromatic N) is 5. The van der Waals surface area contributed by atoms with Crippen molar-refractivity contribution in [1.29, 1.82) is 0 Å². The summed E-state index contributed by atoms with van der Waals surface area (Å²) in [5, 5.41) is 9.48. The first kappa shape index (κ1) is 18.2. The van der Waals surface area contributed by atoms with Crippen molar-refractivity contribution in [2.45, 2.75) is 39.2 Å². The van der Waals surface area contributed by atoms with Crippen molar-refractivity contribution in [2.75, 3.05) is 11.4 Å². The summed E-state index contributed by atoms with van der Waals surface area (Å²) in [7, 11) is 0. The van der Waals surface area contributed by atoms with Crippen molar-refractivity contribution in [3.05, 3.63) is 64.7 Å². The normalized spacial score (nSPS) is 19.4. The summed E-state index contributed by atoms with van der Waals surface area (Å²) < 4.78 is 0. The fourth-order valence-electron chi connectivity index (χ4n) is 4.40. The Hall–Kier alpha value is -2.86. The van der Waals surface area contributed by atoms with Crippen molar-refractivity contribution in [2.24, 2.45) is 0 Å². The molecule has 0 spiro atoms. The lowest BCUT2D eigenvalue weighted by atomic mass is 9.97. The summed E-state index contributed by atoms with van der Waals surface area (Å²) in [6.45, 7) is 7.35. The number of halogens is 1. The zero-order valence-electron chi connectivity index (χ0n) is 16.8. The maximum absolute atomic E-state index is 6.33. The van der Waals surface area contributed by atoms with E-state index < -0.39 is 0 Å². The van der Waals surface area contributed by atoms with Gasteiger partial charge in [0.25, 0.3) is 0 Å². The summed E-state index contributed by atoms with van der Waals surface area (Å²) in [6.07, 6.45) is 5.52. The van der Waals surface area contributed by atoms with E-state index in [4.69, 9.17) is 16.6 Å². The van der Waals surface area contributed by atoms with E-state index in [1.165, 1.54) is 5.56 Å². The van der Waals surface area contributed by atoms with E-state index in [0.717, 1.165) is 58.2 Å². The molecule has 2 aromatic carbocycles. The van der Waals surface area contributed by atoms with Gasteiger partial charge in [0.1, 0.15) is 11.5 Å². The number of aromatic nitrogens is 5. The van der Waals surface area contributed by atoms with Gasteiger partial charge < -0.3 is 9.88 Å². The molecule has 0 aliphatic carbocycles. The molecule has 7 heteroatoms. The van der Waals surface area contributed by atoms with Gasteiger partial charge in [0, 0.05) is 11.6 Å². The summed E-state index contributed by atoms with van der Waals surface area (Å²) in [4.78, 5) is 12.7. The molecule has 1 N–H and O–H groups in total. The van der Waals surface area contributed by atoms with E-state index in [1.54, 1.807) is 17.2 Å². The van der Waals surface area contributed by atoms with Crippen LogP contribution in [0.4, 0.5) is 5.69 Å². The Morgan fingerprint density at radius 1 is 1.07 bits per heavy atom. The van der Waals surface area contributed by atoms with Crippen LogP contribution in [-0.4, -0.2) is 31.5 Å². The van der Waals surface area contributed by atoms with Gasteiger partial charge in [-0.3, -0.25) is 0 Å². The average Bonchev–Trinajstić information content (AvgIpc) is 3.44. The highest BCUT2D eigenvalue weighted by Crippen LogP contribution is 2.43. The predicted octanol–water partition coefficient (Wildman–Crippen LogP) is 4.93. The topological polar surface area (TPSA) is 62.6 Å². The average molecular weight is 407 g/mol. The molecule has 0 unspecified atom stereocenters. The molecule has 0 bridgehead atoms. The molecule has 1 fully saturated rings. The van der Waals surface area contributed by atoms with Crippen LogP contribution in [0, 0.1) is 13.8 Å². The molecule has 1 atom stereocenters. The Balaban J connectivity index is 1.66. The number of aryl methyl sites for hydroxylation is 2. The van der Waals surface area contributed by atoms with Crippen molar-refractivity contribution < 1.29 is 0 Å². The highest BCUT2D eigenvalue weighted by molar-refractivity contribution is 6.32. The van der Waals surface area contributed by atoms with Crippen LogP contribution in [0.3, 0.4) is 0 Å². The quantitative estimate of drug-likeness (QED) is 0.524. The maximum atomic E-state index is 6.33. The zero-order chi connectivity index (χ0) is 20.2. The van der Waals surface area contributed by atoms with Gasteiger partial charge in [0.2, 0.25) is 0 Å². The van der Waals surface area contributed by atoms with Crippen LogP contribution in [0.5, 0.6) is 0 Å². The number of hydrogen-bond acceptors (Lipinski definition) is 4. The van der Waals surface area contributed by atoms with E-state index in [9.17, 15) is 0 Å². The third-order valence-corrected chi connectivity index (χ3v) is 6.46. The van der Waals surface area contributed by atoms with Crippen LogP contribution in [0.25, 0.3) is 16.7 Å². The first-order valence-corrected chi connectivity index (χ1v) is 10.3. The van der Waals surface area contributed by atoms with Crippen molar-refractivity contribution >= 4 is 28.3 Å². The molecule has 0 amide bonds. The van der Waals surface area contributed by atoms with Crippen molar-refractivity contribution in [1.82, 2.24) is 25.0 Å². The predicted molar refractivity (Wildman–Crippen MR) is 116 cm³/mol. The number of aromatic amines is 1. The summed E-state index contributed by atoms with van der Waals surface area (Å²) in [6, 6.07) is 10.3. The third kappa shape index (κ3) is 2.82.